The number of amides is 2. The van der Waals surface area contributed by atoms with Crippen LogP contribution in [0.4, 0.5) is 5.69 Å². The van der Waals surface area contributed by atoms with Crippen molar-refractivity contribution in [3.05, 3.63) is 28.8 Å². The lowest BCUT2D eigenvalue weighted by Gasteiger charge is -2.35. The van der Waals surface area contributed by atoms with E-state index < -0.39 is 0 Å². The highest BCUT2D eigenvalue weighted by Gasteiger charge is 2.27. The van der Waals surface area contributed by atoms with Crippen molar-refractivity contribution in [1.82, 2.24) is 4.90 Å². The average Bonchev–Trinajstić information content (AvgIpc) is 2.57. The lowest BCUT2D eigenvalue weighted by atomic mass is 10.00. The molecule has 1 saturated heterocycles. The van der Waals surface area contributed by atoms with Crippen LogP contribution in [0.5, 0.6) is 0 Å². The first-order valence-corrected chi connectivity index (χ1v) is 9.80. The van der Waals surface area contributed by atoms with Crippen LogP contribution in [0.1, 0.15) is 49.3 Å². The van der Waals surface area contributed by atoms with Crippen LogP contribution in [0.15, 0.2) is 12.1 Å². The summed E-state index contributed by atoms with van der Waals surface area (Å²) in [7, 11) is 1.91. The van der Waals surface area contributed by atoms with Gasteiger partial charge in [-0.3, -0.25) is 9.59 Å². The zero-order valence-electron chi connectivity index (χ0n) is 16.9. The lowest BCUT2D eigenvalue weighted by molar-refractivity contribution is -0.862. The first-order valence-electron chi connectivity index (χ1n) is 9.80. The molecule has 1 fully saturated rings. The molecule has 1 unspecified atom stereocenters. The predicted molar refractivity (Wildman–Crippen MR) is 106 cm³/mol. The monoisotopic (exact) mass is 360 g/mol. The summed E-state index contributed by atoms with van der Waals surface area (Å²) in [6.07, 6.45) is 4.42. The van der Waals surface area contributed by atoms with Crippen molar-refractivity contribution in [1.29, 1.82) is 0 Å². The summed E-state index contributed by atoms with van der Waals surface area (Å²) in [4.78, 5) is 28.0. The number of nitrogens with one attached hydrogen (secondary N) is 2. The van der Waals surface area contributed by atoms with Crippen LogP contribution in [-0.2, 0) is 9.59 Å². The van der Waals surface area contributed by atoms with Crippen LogP contribution >= 0.6 is 0 Å². The number of benzene rings is 1. The van der Waals surface area contributed by atoms with E-state index in [0.29, 0.717) is 19.1 Å². The van der Waals surface area contributed by atoms with Gasteiger partial charge in [-0.05, 0) is 57.6 Å². The maximum absolute atomic E-state index is 12.6. The van der Waals surface area contributed by atoms with Gasteiger partial charge in [-0.1, -0.05) is 24.6 Å². The van der Waals surface area contributed by atoms with Gasteiger partial charge in [0.15, 0.2) is 13.1 Å². The van der Waals surface area contributed by atoms with E-state index in [1.807, 2.05) is 25.8 Å². The molecule has 0 spiro atoms. The van der Waals surface area contributed by atoms with Gasteiger partial charge in [-0.2, -0.15) is 0 Å². The van der Waals surface area contributed by atoms with Crippen molar-refractivity contribution in [2.45, 2.75) is 59.4 Å². The molecule has 0 aromatic heterocycles. The highest BCUT2D eigenvalue weighted by atomic mass is 16.2. The number of likely N-dealkylation sites (N-methyl/N-ethyl adjacent to an activating group) is 1. The number of likely N-dealkylation sites (tertiary alicyclic amines) is 1. The fourth-order valence-corrected chi connectivity index (χ4v) is 4.01. The summed E-state index contributed by atoms with van der Waals surface area (Å²) in [6, 6.07) is 4.52. The highest BCUT2D eigenvalue weighted by Crippen LogP contribution is 2.21. The van der Waals surface area contributed by atoms with Crippen molar-refractivity contribution in [3.8, 4) is 0 Å². The number of piperidine rings is 1. The van der Waals surface area contributed by atoms with Crippen molar-refractivity contribution < 1.29 is 14.5 Å². The molecular weight excluding hydrogens is 326 g/mol. The third kappa shape index (κ3) is 5.31. The SMILES string of the molecule is CC[C@H]1CCCCN1C(=O)C[NH+](C)CC(=O)Nc1c(C)cc(C)cc1C. The zero-order chi connectivity index (χ0) is 19.3. The largest absolute Gasteiger partial charge is 0.335 e. The van der Waals surface area contributed by atoms with Gasteiger partial charge < -0.3 is 15.1 Å². The third-order valence-corrected chi connectivity index (χ3v) is 5.28. The van der Waals surface area contributed by atoms with E-state index >= 15 is 0 Å². The molecule has 144 valence electrons. The summed E-state index contributed by atoms with van der Waals surface area (Å²) < 4.78 is 0. The minimum Gasteiger partial charge on any atom is -0.335 e. The Morgan fingerprint density at radius 2 is 1.81 bits per heavy atom. The molecular formula is C21H34N3O2+. The first-order chi connectivity index (χ1) is 12.3. The summed E-state index contributed by atoms with van der Waals surface area (Å²) in [5.74, 6) is 0.126. The van der Waals surface area contributed by atoms with Crippen LogP contribution in [-0.4, -0.2) is 49.4 Å². The van der Waals surface area contributed by atoms with E-state index in [-0.39, 0.29) is 11.8 Å². The Morgan fingerprint density at radius 1 is 1.15 bits per heavy atom. The molecule has 0 aliphatic carbocycles. The quantitative estimate of drug-likeness (QED) is 0.814. The van der Waals surface area contributed by atoms with E-state index in [0.717, 1.165) is 47.5 Å². The maximum Gasteiger partial charge on any atom is 0.279 e. The Morgan fingerprint density at radius 3 is 2.42 bits per heavy atom. The van der Waals surface area contributed by atoms with Gasteiger partial charge in [0.1, 0.15) is 0 Å². The number of aryl methyl sites for hydroxylation is 3. The molecule has 1 aliphatic heterocycles. The molecule has 0 bridgehead atoms. The molecule has 1 aromatic carbocycles. The van der Waals surface area contributed by atoms with Gasteiger partial charge in [0.2, 0.25) is 0 Å². The summed E-state index contributed by atoms with van der Waals surface area (Å²) in [5.41, 5.74) is 4.23. The smallest absolute Gasteiger partial charge is 0.279 e. The Bertz CT molecular complexity index is 634. The van der Waals surface area contributed by atoms with Gasteiger partial charge >= 0.3 is 0 Å². The van der Waals surface area contributed by atoms with Gasteiger partial charge in [0.05, 0.1) is 7.05 Å². The van der Waals surface area contributed by atoms with Crippen molar-refractivity contribution in [3.63, 3.8) is 0 Å². The zero-order valence-corrected chi connectivity index (χ0v) is 16.9. The van der Waals surface area contributed by atoms with Crippen LogP contribution < -0.4 is 10.2 Å². The predicted octanol–water partition coefficient (Wildman–Crippen LogP) is 1.86. The van der Waals surface area contributed by atoms with Crippen LogP contribution in [0.3, 0.4) is 0 Å². The molecule has 26 heavy (non-hydrogen) atoms. The second kappa shape index (κ2) is 9.17. The van der Waals surface area contributed by atoms with Gasteiger partial charge in [-0.25, -0.2) is 0 Å². The van der Waals surface area contributed by atoms with Crippen LogP contribution in [0, 0.1) is 20.8 Å². The number of carbonyl (C=O) groups is 2. The van der Waals surface area contributed by atoms with Crippen molar-refractivity contribution in [2.75, 3.05) is 32.0 Å². The van der Waals surface area contributed by atoms with Crippen molar-refractivity contribution >= 4 is 17.5 Å². The molecule has 1 aliphatic rings. The minimum atomic E-state index is -0.0453. The van der Waals surface area contributed by atoms with Crippen molar-refractivity contribution in [2.24, 2.45) is 0 Å². The Kier molecular flexibility index (Phi) is 7.21. The van der Waals surface area contributed by atoms with Gasteiger partial charge in [-0.15, -0.1) is 0 Å². The molecule has 5 heteroatoms. The second-order valence-electron chi connectivity index (χ2n) is 7.78. The average molecular weight is 361 g/mol. The lowest BCUT2D eigenvalue weighted by Crippen LogP contribution is -3.11. The topological polar surface area (TPSA) is 53.9 Å². The Labute approximate surface area is 157 Å². The molecule has 2 amide bonds. The van der Waals surface area contributed by atoms with Gasteiger partial charge in [0.25, 0.3) is 11.8 Å². The number of hydrogen-bond donors (Lipinski definition) is 2. The van der Waals surface area contributed by atoms with E-state index in [1.54, 1.807) is 0 Å². The van der Waals surface area contributed by atoms with E-state index in [4.69, 9.17) is 0 Å². The molecule has 0 saturated carbocycles. The standard InChI is InChI=1S/C21H33N3O2/c1-6-18-9-7-8-10-24(18)20(26)14-23(5)13-19(25)22-21-16(3)11-15(2)12-17(21)4/h11-12,18H,6-10,13-14H2,1-5H3,(H,22,25)/p+1/t18-/m0/s1. The summed E-state index contributed by atoms with van der Waals surface area (Å²) >= 11 is 0. The number of carbonyl (C=O) groups excluding carboxylic acids is 2. The number of rotatable bonds is 6. The maximum atomic E-state index is 12.6. The fraction of sp³-hybridized carbons (Fsp3) is 0.619. The molecule has 0 radical (unpaired) electrons. The van der Waals surface area contributed by atoms with E-state index in [9.17, 15) is 9.59 Å². The minimum absolute atomic E-state index is 0.0453. The van der Waals surface area contributed by atoms with E-state index in [2.05, 4.69) is 31.3 Å². The number of anilines is 1. The molecule has 5 nitrogen and oxygen atoms in total. The number of quaternary nitrogens is 1. The number of nitrogens with zero attached hydrogens (tertiary/aromatic N) is 1. The molecule has 1 heterocycles. The highest BCUT2D eigenvalue weighted by molar-refractivity contribution is 5.93. The van der Waals surface area contributed by atoms with E-state index in [1.165, 1.54) is 12.0 Å². The summed E-state index contributed by atoms with van der Waals surface area (Å²) in [6.45, 7) is 9.75. The molecule has 2 N–H and O–H groups in total. The molecule has 2 atom stereocenters. The van der Waals surface area contributed by atoms with Crippen LogP contribution in [0.2, 0.25) is 0 Å². The second-order valence-corrected chi connectivity index (χ2v) is 7.78. The third-order valence-electron chi connectivity index (χ3n) is 5.28. The van der Waals surface area contributed by atoms with Gasteiger partial charge in [0, 0.05) is 18.3 Å². The Balaban J connectivity index is 1.90. The normalized spacial score (nSPS) is 18.5. The first kappa shape index (κ1) is 20.4. The fourth-order valence-electron chi connectivity index (χ4n) is 4.01. The van der Waals surface area contributed by atoms with Crippen LogP contribution in [0.25, 0.3) is 0 Å². The summed E-state index contributed by atoms with van der Waals surface area (Å²) in [5, 5.41) is 3.02. The number of hydrogen-bond acceptors (Lipinski definition) is 2. The Hall–Kier alpha value is -1.88. The molecule has 1 aromatic rings. The molecule has 2 rings (SSSR count).